The number of rotatable bonds is 8. The van der Waals surface area contributed by atoms with E-state index in [4.69, 9.17) is 9.47 Å². The van der Waals surface area contributed by atoms with Crippen LogP contribution < -0.4 is 5.32 Å². The van der Waals surface area contributed by atoms with Gasteiger partial charge in [-0.2, -0.15) is 5.10 Å². The molecule has 2 heterocycles. The van der Waals surface area contributed by atoms with Gasteiger partial charge in [-0.25, -0.2) is 4.98 Å². The first kappa shape index (κ1) is 18.8. The predicted molar refractivity (Wildman–Crippen MR) is 104 cm³/mol. The van der Waals surface area contributed by atoms with Crippen LogP contribution in [0.2, 0.25) is 0 Å². The summed E-state index contributed by atoms with van der Waals surface area (Å²) in [5.41, 5.74) is 2.96. The van der Waals surface area contributed by atoms with E-state index in [-0.39, 0.29) is 5.91 Å². The Balaban J connectivity index is 1.64. The van der Waals surface area contributed by atoms with Crippen LogP contribution in [0.5, 0.6) is 0 Å². The van der Waals surface area contributed by atoms with E-state index >= 15 is 0 Å². The number of amides is 1. The zero-order valence-corrected chi connectivity index (χ0v) is 16.4. The average Bonchev–Trinajstić information content (AvgIpc) is 3.17. The summed E-state index contributed by atoms with van der Waals surface area (Å²) < 4.78 is 14.0. The van der Waals surface area contributed by atoms with E-state index in [9.17, 15) is 4.79 Å². The van der Waals surface area contributed by atoms with Crippen molar-refractivity contribution in [3.63, 3.8) is 0 Å². The largest absolute Gasteiger partial charge is 0.382 e. The van der Waals surface area contributed by atoms with E-state index in [1.54, 1.807) is 41.0 Å². The molecule has 1 N–H and O–H groups in total. The first-order valence-electron chi connectivity index (χ1n) is 7.99. The number of ether oxygens (including phenoxy) is 2. The SMILES string of the molecule is COCCOCSc1nc2ccc(NC(=O)c3cc(C)n(C)n3)cc2s1. The van der Waals surface area contributed by atoms with Crippen molar-refractivity contribution in [2.75, 3.05) is 31.6 Å². The van der Waals surface area contributed by atoms with Crippen molar-refractivity contribution in [2.45, 2.75) is 11.3 Å². The zero-order valence-electron chi connectivity index (χ0n) is 14.8. The van der Waals surface area contributed by atoms with Crippen molar-refractivity contribution in [3.05, 3.63) is 35.7 Å². The fourth-order valence-electron chi connectivity index (χ4n) is 2.20. The van der Waals surface area contributed by atoms with Crippen LogP contribution in [0.25, 0.3) is 10.2 Å². The molecule has 0 unspecified atom stereocenters. The zero-order chi connectivity index (χ0) is 18.5. The number of hydrogen-bond acceptors (Lipinski definition) is 7. The van der Waals surface area contributed by atoms with E-state index in [0.717, 1.165) is 25.9 Å². The van der Waals surface area contributed by atoms with Crippen molar-refractivity contribution in [1.82, 2.24) is 14.8 Å². The van der Waals surface area contributed by atoms with Crippen LogP contribution in [0.1, 0.15) is 16.2 Å². The van der Waals surface area contributed by atoms with Crippen molar-refractivity contribution in [3.8, 4) is 0 Å². The molecule has 3 rings (SSSR count). The lowest BCUT2D eigenvalue weighted by Crippen LogP contribution is -2.12. The third kappa shape index (κ3) is 4.61. The molecule has 138 valence electrons. The Morgan fingerprint density at radius 3 is 2.92 bits per heavy atom. The number of aryl methyl sites for hydroxylation is 2. The molecule has 2 aromatic heterocycles. The Morgan fingerprint density at radius 2 is 2.19 bits per heavy atom. The second-order valence-electron chi connectivity index (χ2n) is 5.57. The molecule has 7 nitrogen and oxygen atoms in total. The van der Waals surface area contributed by atoms with Gasteiger partial charge in [0.1, 0.15) is 0 Å². The first-order chi connectivity index (χ1) is 12.6. The number of fused-ring (bicyclic) bond motifs is 1. The van der Waals surface area contributed by atoms with Gasteiger partial charge in [-0.3, -0.25) is 9.48 Å². The maximum atomic E-state index is 12.3. The van der Waals surface area contributed by atoms with Gasteiger partial charge in [0.15, 0.2) is 10.0 Å². The van der Waals surface area contributed by atoms with Crippen LogP contribution in [0, 0.1) is 6.92 Å². The molecule has 3 aromatic rings. The summed E-state index contributed by atoms with van der Waals surface area (Å²) in [7, 11) is 3.46. The highest BCUT2D eigenvalue weighted by molar-refractivity contribution is 8.01. The molecule has 0 aliphatic rings. The topological polar surface area (TPSA) is 78.3 Å². The average molecular weight is 393 g/mol. The summed E-state index contributed by atoms with van der Waals surface area (Å²) in [5.74, 6) is 0.310. The number of anilines is 1. The van der Waals surface area contributed by atoms with Gasteiger partial charge >= 0.3 is 0 Å². The minimum Gasteiger partial charge on any atom is -0.382 e. The normalized spacial score (nSPS) is 11.2. The summed E-state index contributed by atoms with van der Waals surface area (Å²) >= 11 is 3.12. The number of thioether (sulfide) groups is 1. The number of hydrogen-bond donors (Lipinski definition) is 1. The molecular weight excluding hydrogens is 372 g/mol. The number of methoxy groups -OCH3 is 1. The second-order valence-corrected chi connectivity index (χ2v) is 7.77. The molecule has 0 atom stereocenters. The molecule has 0 fully saturated rings. The monoisotopic (exact) mass is 392 g/mol. The number of carbonyl (C=O) groups excluding carboxylic acids is 1. The lowest BCUT2D eigenvalue weighted by atomic mass is 10.3. The third-order valence-corrected chi connectivity index (χ3v) is 5.71. The van der Waals surface area contributed by atoms with Gasteiger partial charge < -0.3 is 14.8 Å². The second kappa shape index (κ2) is 8.63. The molecule has 1 aromatic carbocycles. The quantitative estimate of drug-likeness (QED) is 0.360. The minimum atomic E-state index is -0.223. The Morgan fingerprint density at radius 1 is 1.35 bits per heavy atom. The van der Waals surface area contributed by atoms with E-state index in [0.29, 0.717) is 24.8 Å². The minimum absolute atomic E-state index is 0.223. The molecule has 0 aliphatic heterocycles. The van der Waals surface area contributed by atoms with Gasteiger partial charge in [0.25, 0.3) is 5.91 Å². The number of carbonyl (C=O) groups is 1. The maximum absolute atomic E-state index is 12.3. The fraction of sp³-hybridized carbons (Fsp3) is 0.353. The van der Waals surface area contributed by atoms with Crippen LogP contribution in [0.3, 0.4) is 0 Å². The predicted octanol–water partition coefficient (Wildman–Crippen LogP) is 3.30. The molecular formula is C17H20N4O3S2. The number of nitrogens with one attached hydrogen (secondary N) is 1. The Bertz CT molecular complexity index is 887. The molecule has 0 bridgehead atoms. The molecule has 0 aliphatic carbocycles. The van der Waals surface area contributed by atoms with Crippen molar-refractivity contribution in [2.24, 2.45) is 7.05 Å². The lowest BCUT2D eigenvalue weighted by molar-refractivity contribution is 0.0953. The molecule has 9 heteroatoms. The number of nitrogens with zero attached hydrogens (tertiary/aromatic N) is 3. The summed E-state index contributed by atoms with van der Waals surface area (Å²) in [4.78, 5) is 16.9. The first-order valence-corrected chi connectivity index (χ1v) is 9.79. The van der Waals surface area contributed by atoms with Gasteiger partial charge in [0.2, 0.25) is 0 Å². The van der Waals surface area contributed by atoms with Crippen LogP contribution in [-0.4, -0.2) is 46.9 Å². The van der Waals surface area contributed by atoms with Gasteiger partial charge in [-0.1, -0.05) is 11.8 Å². The highest BCUT2D eigenvalue weighted by atomic mass is 32.2. The molecule has 0 saturated heterocycles. The van der Waals surface area contributed by atoms with E-state index in [2.05, 4.69) is 15.4 Å². The molecule has 26 heavy (non-hydrogen) atoms. The number of benzene rings is 1. The third-order valence-electron chi connectivity index (χ3n) is 3.67. The summed E-state index contributed by atoms with van der Waals surface area (Å²) in [5, 5.41) is 7.08. The highest BCUT2D eigenvalue weighted by Gasteiger charge is 2.12. The van der Waals surface area contributed by atoms with E-state index in [1.165, 1.54) is 0 Å². The summed E-state index contributed by atoms with van der Waals surface area (Å²) in [6, 6.07) is 7.44. The van der Waals surface area contributed by atoms with E-state index < -0.39 is 0 Å². The van der Waals surface area contributed by atoms with Crippen LogP contribution >= 0.6 is 23.1 Å². The Hall–Kier alpha value is -1.94. The molecule has 0 radical (unpaired) electrons. The smallest absolute Gasteiger partial charge is 0.276 e. The Kier molecular flexibility index (Phi) is 6.25. The standard InChI is InChI=1S/C17H20N4O3S2/c1-11-8-14(20-21(11)2)16(22)18-12-4-5-13-15(9-12)26-17(19-13)25-10-24-7-6-23-3/h4-5,8-9H,6-7,10H2,1-3H3,(H,18,22). The molecule has 0 saturated carbocycles. The number of thiazole rings is 1. The Labute approximate surface area is 159 Å². The summed E-state index contributed by atoms with van der Waals surface area (Å²) in [6.07, 6.45) is 0. The highest BCUT2D eigenvalue weighted by Crippen LogP contribution is 2.31. The maximum Gasteiger partial charge on any atom is 0.276 e. The van der Waals surface area contributed by atoms with Crippen molar-refractivity contribution >= 4 is 44.9 Å². The van der Waals surface area contributed by atoms with Crippen LogP contribution in [0.4, 0.5) is 5.69 Å². The van der Waals surface area contributed by atoms with Gasteiger partial charge in [0, 0.05) is 25.5 Å². The molecule has 1 amide bonds. The van der Waals surface area contributed by atoms with Crippen LogP contribution in [0.15, 0.2) is 28.6 Å². The van der Waals surface area contributed by atoms with Gasteiger partial charge in [-0.05, 0) is 31.2 Å². The fourth-order valence-corrected chi connectivity index (χ4v) is 4.05. The van der Waals surface area contributed by atoms with E-state index in [1.807, 2.05) is 32.2 Å². The number of aromatic nitrogens is 3. The van der Waals surface area contributed by atoms with Crippen LogP contribution in [-0.2, 0) is 16.5 Å². The van der Waals surface area contributed by atoms with Gasteiger partial charge in [0.05, 0.1) is 29.4 Å². The summed E-state index contributed by atoms with van der Waals surface area (Å²) in [6.45, 7) is 3.06. The molecule has 0 spiro atoms. The lowest BCUT2D eigenvalue weighted by Gasteiger charge is -2.02. The van der Waals surface area contributed by atoms with Gasteiger partial charge in [-0.15, -0.1) is 11.3 Å². The van der Waals surface area contributed by atoms with Crippen molar-refractivity contribution < 1.29 is 14.3 Å². The van der Waals surface area contributed by atoms with Crippen molar-refractivity contribution in [1.29, 1.82) is 0 Å².